The Kier molecular flexibility index (Phi) is 6.24. The van der Waals surface area contributed by atoms with Crippen molar-refractivity contribution in [3.8, 4) is 5.75 Å². The third-order valence-electron chi connectivity index (χ3n) is 4.04. The van der Waals surface area contributed by atoms with Crippen molar-refractivity contribution < 1.29 is 9.57 Å². The van der Waals surface area contributed by atoms with Gasteiger partial charge in [-0.2, -0.15) is 0 Å². The van der Waals surface area contributed by atoms with E-state index >= 15 is 0 Å². The van der Waals surface area contributed by atoms with Gasteiger partial charge in [-0.05, 0) is 36.3 Å². The van der Waals surface area contributed by atoms with E-state index in [1.807, 2.05) is 30.3 Å². The average Bonchev–Trinajstić information content (AvgIpc) is 3.03. The van der Waals surface area contributed by atoms with E-state index in [1.54, 1.807) is 6.07 Å². The highest BCUT2D eigenvalue weighted by molar-refractivity contribution is 6.35. The van der Waals surface area contributed by atoms with Crippen LogP contribution >= 0.6 is 23.2 Å². The summed E-state index contributed by atoms with van der Waals surface area (Å²) < 4.78 is 6.00. The van der Waals surface area contributed by atoms with E-state index in [4.69, 9.17) is 32.8 Å². The van der Waals surface area contributed by atoms with Crippen molar-refractivity contribution in [3.05, 3.63) is 75.4 Å². The van der Waals surface area contributed by atoms with Crippen LogP contribution in [0.25, 0.3) is 0 Å². The lowest BCUT2D eigenvalue weighted by atomic mass is 10.1. The Bertz CT molecular complexity index is 761. The maximum absolute atomic E-state index is 6.22. The zero-order valence-electron chi connectivity index (χ0n) is 14.1. The van der Waals surface area contributed by atoms with E-state index in [2.05, 4.69) is 24.5 Å². The van der Waals surface area contributed by atoms with Crippen molar-refractivity contribution >= 4 is 23.2 Å². The molecule has 0 bridgehead atoms. The summed E-state index contributed by atoms with van der Waals surface area (Å²) in [6.07, 6.45) is 5.02. The van der Waals surface area contributed by atoms with Crippen molar-refractivity contribution in [3.63, 3.8) is 0 Å². The maximum Gasteiger partial charge on any atom is 0.123 e. The van der Waals surface area contributed by atoms with Gasteiger partial charge in [-0.3, -0.25) is 10.3 Å². The van der Waals surface area contributed by atoms with Crippen LogP contribution in [-0.2, 0) is 17.9 Å². The summed E-state index contributed by atoms with van der Waals surface area (Å²) in [5.74, 6) is 0.842. The van der Waals surface area contributed by atoms with Gasteiger partial charge < -0.3 is 4.74 Å². The van der Waals surface area contributed by atoms with Gasteiger partial charge in [0, 0.05) is 27.7 Å². The molecule has 1 N–H and O–H groups in total. The number of allylic oxidation sites excluding steroid dienone is 1. The lowest BCUT2D eigenvalue weighted by molar-refractivity contribution is 0.0413. The molecule has 0 saturated heterocycles. The van der Waals surface area contributed by atoms with E-state index in [1.165, 1.54) is 0 Å². The zero-order chi connectivity index (χ0) is 17.6. The smallest absolute Gasteiger partial charge is 0.123 e. The van der Waals surface area contributed by atoms with Crippen molar-refractivity contribution in [2.45, 2.75) is 38.9 Å². The Labute approximate surface area is 158 Å². The van der Waals surface area contributed by atoms with E-state index in [-0.39, 0.29) is 6.10 Å². The number of nitrogens with one attached hydrogen (secondary N) is 1. The second-order valence-corrected chi connectivity index (χ2v) is 6.88. The summed E-state index contributed by atoms with van der Waals surface area (Å²) in [5.41, 5.74) is 6.17. The first-order chi connectivity index (χ1) is 12.2. The lowest BCUT2D eigenvalue weighted by Gasteiger charge is -2.14. The van der Waals surface area contributed by atoms with E-state index in [0.717, 1.165) is 41.8 Å². The second-order valence-electron chi connectivity index (χ2n) is 6.04. The Hall–Kier alpha value is -1.68. The molecule has 0 aliphatic carbocycles. The summed E-state index contributed by atoms with van der Waals surface area (Å²) in [6.45, 7) is 2.55. The third-order valence-corrected chi connectivity index (χ3v) is 4.63. The molecule has 132 valence electrons. The fourth-order valence-electron chi connectivity index (χ4n) is 2.77. The second kappa shape index (κ2) is 8.61. The predicted molar refractivity (Wildman–Crippen MR) is 102 cm³/mol. The van der Waals surface area contributed by atoms with Gasteiger partial charge in [0.1, 0.15) is 18.5 Å². The summed E-state index contributed by atoms with van der Waals surface area (Å²) in [5, 5.41) is 1.23. The lowest BCUT2D eigenvalue weighted by Crippen LogP contribution is -2.15. The summed E-state index contributed by atoms with van der Waals surface area (Å²) >= 11 is 12.2. The molecule has 2 aromatic rings. The van der Waals surface area contributed by atoms with Gasteiger partial charge in [0.2, 0.25) is 0 Å². The molecule has 3 nitrogen and oxygen atoms in total. The third kappa shape index (κ3) is 4.91. The van der Waals surface area contributed by atoms with Crippen LogP contribution in [-0.4, -0.2) is 6.10 Å². The van der Waals surface area contributed by atoms with Crippen LogP contribution in [0.2, 0.25) is 10.0 Å². The molecule has 3 rings (SSSR count). The van der Waals surface area contributed by atoms with Crippen LogP contribution in [0.4, 0.5) is 0 Å². The van der Waals surface area contributed by atoms with Crippen LogP contribution in [0.3, 0.4) is 0 Å². The number of para-hydroxylation sites is 1. The number of benzene rings is 2. The molecular formula is C20H21Cl2NO2. The molecule has 0 aromatic heterocycles. The van der Waals surface area contributed by atoms with Crippen LogP contribution in [0.1, 0.15) is 30.9 Å². The Morgan fingerprint density at radius 2 is 1.96 bits per heavy atom. The van der Waals surface area contributed by atoms with Gasteiger partial charge in [-0.1, -0.05) is 60.8 Å². The van der Waals surface area contributed by atoms with Crippen molar-refractivity contribution in [2.75, 3.05) is 0 Å². The van der Waals surface area contributed by atoms with E-state index in [9.17, 15) is 0 Å². The molecule has 1 atom stereocenters. The van der Waals surface area contributed by atoms with Crippen molar-refractivity contribution in [2.24, 2.45) is 0 Å². The number of rotatable bonds is 7. The van der Waals surface area contributed by atoms with Gasteiger partial charge in [-0.25, -0.2) is 0 Å². The molecule has 0 unspecified atom stereocenters. The van der Waals surface area contributed by atoms with Gasteiger partial charge in [0.05, 0.1) is 0 Å². The van der Waals surface area contributed by atoms with E-state index < -0.39 is 0 Å². The first-order valence-corrected chi connectivity index (χ1v) is 9.18. The minimum atomic E-state index is 0.0189. The summed E-state index contributed by atoms with van der Waals surface area (Å²) in [7, 11) is 0. The fraction of sp³-hybridized carbons (Fsp3) is 0.300. The van der Waals surface area contributed by atoms with Crippen LogP contribution in [0, 0.1) is 0 Å². The highest BCUT2D eigenvalue weighted by atomic mass is 35.5. The molecule has 1 aliphatic heterocycles. The van der Waals surface area contributed by atoms with Crippen LogP contribution in [0.5, 0.6) is 5.75 Å². The highest BCUT2D eigenvalue weighted by Gasteiger charge is 2.18. The predicted octanol–water partition coefficient (Wildman–Crippen LogP) is 5.70. The van der Waals surface area contributed by atoms with Gasteiger partial charge in [0.15, 0.2) is 0 Å². The molecule has 0 radical (unpaired) electrons. The number of hydroxylamine groups is 1. The maximum atomic E-state index is 6.22. The minimum Gasteiger partial charge on any atom is -0.489 e. The Morgan fingerprint density at radius 3 is 2.76 bits per heavy atom. The van der Waals surface area contributed by atoms with Crippen LogP contribution in [0.15, 0.2) is 54.2 Å². The SMILES string of the molecule is CCCC1=C[C@@H](Cc2ccccc2OCc2ccc(Cl)cc2Cl)ON1. The number of hydrogen-bond acceptors (Lipinski definition) is 3. The first-order valence-electron chi connectivity index (χ1n) is 8.42. The Morgan fingerprint density at radius 1 is 1.12 bits per heavy atom. The summed E-state index contributed by atoms with van der Waals surface area (Å²) in [6, 6.07) is 13.4. The molecule has 1 aliphatic rings. The molecule has 5 heteroatoms. The standard InChI is InChI=1S/C20H21Cl2NO2/c1-2-5-17-12-18(25-23-17)10-14-6-3-4-7-20(14)24-13-15-8-9-16(21)11-19(15)22/h3-4,6-9,11-12,18,23H,2,5,10,13H2,1H3/t18-/m1/s1. The molecule has 2 aromatic carbocycles. The van der Waals surface area contributed by atoms with Gasteiger partial charge in [0.25, 0.3) is 0 Å². The Balaban J connectivity index is 1.67. The van der Waals surface area contributed by atoms with Crippen LogP contribution < -0.4 is 10.2 Å². The quantitative estimate of drug-likeness (QED) is 0.670. The summed E-state index contributed by atoms with van der Waals surface area (Å²) in [4.78, 5) is 5.64. The average molecular weight is 378 g/mol. The molecule has 0 fully saturated rings. The monoisotopic (exact) mass is 377 g/mol. The highest BCUT2D eigenvalue weighted by Crippen LogP contribution is 2.26. The molecule has 25 heavy (non-hydrogen) atoms. The molecule has 1 heterocycles. The number of hydrogen-bond donors (Lipinski definition) is 1. The molecular weight excluding hydrogens is 357 g/mol. The number of halogens is 2. The van der Waals surface area contributed by atoms with E-state index in [0.29, 0.717) is 16.7 Å². The van der Waals surface area contributed by atoms with Crippen molar-refractivity contribution in [1.82, 2.24) is 5.48 Å². The molecule has 0 saturated carbocycles. The minimum absolute atomic E-state index is 0.0189. The topological polar surface area (TPSA) is 30.5 Å². The van der Waals surface area contributed by atoms with Gasteiger partial charge >= 0.3 is 0 Å². The molecule has 0 spiro atoms. The van der Waals surface area contributed by atoms with Crippen molar-refractivity contribution in [1.29, 1.82) is 0 Å². The largest absolute Gasteiger partial charge is 0.489 e. The fourth-order valence-corrected chi connectivity index (χ4v) is 3.24. The zero-order valence-corrected chi connectivity index (χ0v) is 15.6. The number of ether oxygens (including phenoxy) is 1. The first kappa shape index (κ1) is 18.1. The van der Waals surface area contributed by atoms with Gasteiger partial charge in [-0.15, -0.1) is 0 Å². The normalized spacial score (nSPS) is 16.4. The molecule has 0 amide bonds.